The van der Waals surface area contributed by atoms with E-state index in [1.54, 1.807) is 7.11 Å². The molecule has 1 N–H and O–H groups in total. The van der Waals surface area contributed by atoms with Gasteiger partial charge in [-0.3, -0.25) is 0 Å². The number of hydrogen-bond donors (Lipinski definition) is 1. The molecule has 0 spiro atoms. The molecule has 4 heteroatoms. The summed E-state index contributed by atoms with van der Waals surface area (Å²) in [6.45, 7) is 1.92. The van der Waals surface area contributed by atoms with Gasteiger partial charge in [-0.25, -0.2) is 0 Å². The molecule has 0 saturated heterocycles. The van der Waals surface area contributed by atoms with Crippen molar-refractivity contribution in [1.82, 2.24) is 0 Å². The Bertz CT molecular complexity index is 613. The number of aliphatic hydroxyl groups excluding tert-OH is 1. The summed E-state index contributed by atoms with van der Waals surface area (Å²) in [5, 5.41) is 11.1. The number of methoxy groups -OCH3 is 1. The SMILES string of the molecule is COc1ccc(CC(O)c2cccc(Cl)c2C)cc1Br. The van der Waals surface area contributed by atoms with Crippen molar-refractivity contribution in [3.05, 3.63) is 62.6 Å². The summed E-state index contributed by atoms with van der Waals surface area (Å²) in [7, 11) is 1.63. The van der Waals surface area contributed by atoms with E-state index >= 15 is 0 Å². The minimum Gasteiger partial charge on any atom is -0.496 e. The van der Waals surface area contributed by atoms with E-state index in [2.05, 4.69) is 15.9 Å². The van der Waals surface area contributed by atoms with E-state index < -0.39 is 6.10 Å². The molecule has 0 heterocycles. The highest BCUT2D eigenvalue weighted by atomic mass is 79.9. The van der Waals surface area contributed by atoms with E-state index in [0.29, 0.717) is 11.4 Å². The summed E-state index contributed by atoms with van der Waals surface area (Å²) in [6.07, 6.45) is -0.0435. The van der Waals surface area contributed by atoms with E-state index in [1.165, 1.54) is 0 Å². The maximum Gasteiger partial charge on any atom is 0.133 e. The fourth-order valence-electron chi connectivity index (χ4n) is 2.16. The van der Waals surface area contributed by atoms with Gasteiger partial charge < -0.3 is 9.84 Å². The molecular weight excluding hydrogens is 340 g/mol. The van der Waals surface area contributed by atoms with Gasteiger partial charge in [0.05, 0.1) is 17.7 Å². The Labute approximate surface area is 132 Å². The van der Waals surface area contributed by atoms with Crippen molar-refractivity contribution in [3.63, 3.8) is 0 Å². The quantitative estimate of drug-likeness (QED) is 0.861. The lowest BCUT2D eigenvalue weighted by molar-refractivity contribution is 0.177. The fraction of sp³-hybridized carbons (Fsp3) is 0.250. The van der Waals surface area contributed by atoms with Crippen LogP contribution in [0.4, 0.5) is 0 Å². The standard InChI is InChI=1S/C16H16BrClO2/c1-10-12(4-3-5-14(10)18)15(19)9-11-6-7-16(20-2)13(17)8-11/h3-8,15,19H,9H2,1-2H3. The summed E-state index contributed by atoms with van der Waals surface area (Å²) in [5.41, 5.74) is 2.82. The molecule has 0 aromatic heterocycles. The molecule has 0 aliphatic rings. The largest absolute Gasteiger partial charge is 0.496 e. The average Bonchev–Trinajstić information content (AvgIpc) is 2.42. The highest BCUT2D eigenvalue weighted by Crippen LogP contribution is 2.30. The van der Waals surface area contributed by atoms with Crippen LogP contribution in [0.2, 0.25) is 5.02 Å². The van der Waals surface area contributed by atoms with Gasteiger partial charge in [-0.15, -0.1) is 0 Å². The molecule has 0 saturated carbocycles. The van der Waals surface area contributed by atoms with E-state index in [1.807, 2.05) is 43.3 Å². The van der Waals surface area contributed by atoms with Gasteiger partial charge in [-0.05, 0) is 57.7 Å². The molecule has 2 aromatic carbocycles. The highest BCUT2D eigenvalue weighted by molar-refractivity contribution is 9.10. The first kappa shape index (κ1) is 15.4. The number of hydrogen-bond acceptors (Lipinski definition) is 2. The van der Waals surface area contributed by atoms with Crippen LogP contribution in [-0.2, 0) is 6.42 Å². The van der Waals surface area contributed by atoms with Crippen LogP contribution in [-0.4, -0.2) is 12.2 Å². The van der Waals surface area contributed by atoms with Crippen LogP contribution in [0.5, 0.6) is 5.75 Å². The Balaban J connectivity index is 2.21. The predicted octanol–water partition coefficient (Wildman–Crippen LogP) is 4.70. The van der Waals surface area contributed by atoms with E-state index in [-0.39, 0.29) is 0 Å². The second-order valence-corrected chi connectivity index (χ2v) is 5.90. The van der Waals surface area contributed by atoms with E-state index in [9.17, 15) is 5.11 Å². The second-order valence-electron chi connectivity index (χ2n) is 4.64. The number of rotatable bonds is 4. The van der Waals surface area contributed by atoms with Gasteiger partial charge >= 0.3 is 0 Å². The minimum absolute atomic E-state index is 0.532. The zero-order valence-electron chi connectivity index (χ0n) is 11.4. The molecule has 1 unspecified atom stereocenters. The molecule has 0 aliphatic heterocycles. The molecule has 0 bridgehead atoms. The van der Waals surface area contributed by atoms with Gasteiger partial charge in [0.25, 0.3) is 0 Å². The Morgan fingerprint density at radius 1 is 1.30 bits per heavy atom. The highest BCUT2D eigenvalue weighted by Gasteiger charge is 2.13. The van der Waals surface area contributed by atoms with Crippen molar-refractivity contribution in [2.75, 3.05) is 7.11 Å². The van der Waals surface area contributed by atoms with Crippen molar-refractivity contribution < 1.29 is 9.84 Å². The second kappa shape index (κ2) is 6.61. The molecule has 0 radical (unpaired) electrons. The summed E-state index contributed by atoms with van der Waals surface area (Å²) in [5.74, 6) is 0.780. The van der Waals surface area contributed by atoms with Gasteiger partial charge in [0.1, 0.15) is 5.75 Å². The van der Waals surface area contributed by atoms with Gasteiger partial charge in [-0.1, -0.05) is 29.8 Å². The lowest BCUT2D eigenvalue weighted by atomic mass is 9.98. The van der Waals surface area contributed by atoms with Crippen molar-refractivity contribution in [1.29, 1.82) is 0 Å². The first-order valence-corrected chi connectivity index (χ1v) is 7.45. The van der Waals surface area contributed by atoms with Crippen LogP contribution in [0.3, 0.4) is 0 Å². The maximum atomic E-state index is 10.4. The van der Waals surface area contributed by atoms with Crippen LogP contribution in [0.15, 0.2) is 40.9 Å². The number of ether oxygens (including phenoxy) is 1. The number of aliphatic hydroxyl groups is 1. The van der Waals surface area contributed by atoms with Gasteiger partial charge in [0.15, 0.2) is 0 Å². The number of halogens is 2. The zero-order chi connectivity index (χ0) is 14.7. The fourth-order valence-corrected chi connectivity index (χ4v) is 2.93. The molecule has 20 heavy (non-hydrogen) atoms. The molecule has 2 nitrogen and oxygen atoms in total. The average molecular weight is 356 g/mol. The summed E-state index contributed by atoms with van der Waals surface area (Å²) >= 11 is 9.54. The van der Waals surface area contributed by atoms with Crippen LogP contribution in [0.1, 0.15) is 22.8 Å². The third-order valence-electron chi connectivity index (χ3n) is 3.31. The van der Waals surface area contributed by atoms with Gasteiger partial charge in [0.2, 0.25) is 0 Å². The smallest absolute Gasteiger partial charge is 0.133 e. The molecule has 0 amide bonds. The third-order valence-corrected chi connectivity index (χ3v) is 4.34. The first-order valence-electron chi connectivity index (χ1n) is 6.28. The topological polar surface area (TPSA) is 29.5 Å². The van der Waals surface area contributed by atoms with Crippen molar-refractivity contribution >= 4 is 27.5 Å². The monoisotopic (exact) mass is 354 g/mol. The molecule has 2 aromatic rings. The van der Waals surface area contributed by atoms with E-state index in [4.69, 9.17) is 16.3 Å². The Kier molecular flexibility index (Phi) is 5.08. The minimum atomic E-state index is -0.575. The van der Waals surface area contributed by atoms with Crippen LogP contribution in [0.25, 0.3) is 0 Å². The van der Waals surface area contributed by atoms with Crippen molar-refractivity contribution in [3.8, 4) is 5.75 Å². The van der Waals surface area contributed by atoms with Crippen molar-refractivity contribution in [2.24, 2.45) is 0 Å². The summed E-state index contributed by atoms with van der Waals surface area (Å²) < 4.78 is 6.08. The first-order chi connectivity index (χ1) is 9.52. The Hall–Kier alpha value is -1.03. The van der Waals surface area contributed by atoms with Crippen LogP contribution < -0.4 is 4.74 Å². The van der Waals surface area contributed by atoms with Crippen LogP contribution >= 0.6 is 27.5 Å². The maximum absolute atomic E-state index is 10.4. The van der Waals surface area contributed by atoms with Gasteiger partial charge in [-0.2, -0.15) is 0 Å². The summed E-state index contributed by atoms with van der Waals surface area (Å²) in [4.78, 5) is 0. The normalized spacial score (nSPS) is 12.2. The Morgan fingerprint density at radius 3 is 2.70 bits per heavy atom. The lowest BCUT2D eigenvalue weighted by Crippen LogP contribution is -2.04. The summed E-state index contributed by atoms with van der Waals surface area (Å²) in [6, 6.07) is 11.4. The molecular formula is C16H16BrClO2. The number of benzene rings is 2. The molecule has 0 fully saturated rings. The zero-order valence-corrected chi connectivity index (χ0v) is 13.7. The molecule has 106 valence electrons. The van der Waals surface area contributed by atoms with Crippen molar-refractivity contribution in [2.45, 2.75) is 19.4 Å². The molecule has 0 aliphatic carbocycles. The molecule has 2 rings (SSSR count). The Morgan fingerprint density at radius 2 is 2.05 bits per heavy atom. The predicted molar refractivity (Wildman–Crippen MR) is 85.5 cm³/mol. The van der Waals surface area contributed by atoms with E-state index in [0.717, 1.165) is 26.9 Å². The third kappa shape index (κ3) is 3.35. The van der Waals surface area contributed by atoms with Gasteiger partial charge in [0, 0.05) is 11.4 Å². The van der Waals surface area contributed by atoms with Crippen LogP contribution in [0, 0.1) is 6.92 Å². The lowest BCUT2D eigenvalue weighted by Gasteiger charge is -2.15. The molecule has 1 atom stereocenters.